The van der Waals surface area contributed by atoms with E-state index in [-0.39, 0.29) is 103 Å². The summed E-state index contributed by atoms with van der Waals surface area (Å²) in [5, 5.41) is 63.4. The van der Waals surface area contributed by atoms with Crippen LogP contribution >= 0.6 is 0 Å². The third kappa shape index (κ3) is 8.69. The van der Waals surface area contributed by atoms with Crippen molar-refractivity contribution in [2.45, 2.75) is 164 Å². The van der Waals surface area contributed by atoms with Crippen molar-refractivity contribution in [3.63, 3.8) is 0 Å². The van der Waals surface area contributed by atoms with E-state index in [0.717, 1.165) is 81.8 Å². The molecule has 0 radical (unpaired) electrons. The van der Waals surface area contributed by atoms with Crippen molar-refractivity contribution < 1.29 is 49.4 Å². The Labute approximate surface area is 411 Å². The van der Waals surface area contributed by atoms with Crippen LogP contribution in [0.1, 0.15) is 154 Å². The van der Waals surface area contributed by atoms with Gasteiger partial charge < -0.3 is 40.3 Å². The number of ether oxygens (including phenoxy) is 2. The van der Waals surface area contributed by atoms with Gasteiger partial charge in [0.15, 0.2) is 0 Å². The number of carbonyl (C=O) groups is 3. The average molecular weight is 952 g/mol. The first-order valence-electron chi connectivity index (χ1n) is 26.6. The van der Waals surface area contributed by atoms with Gasteiger partial charge in [0.05, 0.1) is 31.2 Å². The highest BCUT2D eigenvalue weighted by molar-refractivity contribution is 5.89. The summed E-state index contributed by atoms with van der Waals surface area (Å²) in [6.45, 7) is 1.65. The van der Waals surface area contributed by atoms with Crippen LogP contribution in [0.4, 0.5) is 5.69 Å². The fraction of sp³-hybridized carbons (Fsp3) is 0.576. The first kappa shape index (κ1) is 47.3. The number of carbonyl (C=O) groups excluding carboxylic acids is 3. The molecule has 0 aromatic heterocycles. The molecule has 370 valence electrons. The minimum atomic E-state index is -1.58. The molecule has 13 unspecified atom stereocenters. The summed E-state index contributed by atoms with van der Waals surface area (Å²) < 4.78 is 13.2. The zero-order valence-electron chi connectivity index (χ0n) is 40.4. The number of aliphatic hydroxyl groups excluding tert-OH is 3. The van der Waals surface area contributed by atoms with Crippen LogP contribution in [0.5, 0.6) is 11.5 Å². The number of nitrogens with one attached hydrogen (secondary N) is 1. The van der Waals surface area contributed by atoms with Gasteiger partial charge in [-0.05, 0) is 152 Å². The lowest BCUT2D eigenvalue weighted by Gasteiger charge is -2.66. The smallest absolute Gasteiger partial charge is 0.334 e. The van der Waals surface area contributed by atoms with Gasteiger partial charge in [0.25, 0.3) is 0 Å². The molecule has 3 heterocycles. The predicted molar refractivity (Wildman–Crippen MR) is 263 cm³/mol. The van der Waals surface area contributed by atoms with Crippen molar-refractivity contribution in [3.05, 3.63) is 99.1 Å². The molecule has 8 aliphatic rings. The molecule has 0 saturated heterocycles. The second-order valence-electron chi connectivity index (χ2n) is 22.6. The highest BCUT2D eigenvalue weighted by Crippen LogP contribution is 2.66. The average Bonchev–Trinajstić information content (AvgIpc) is 3.35. The molecule has 5 saturated carbocycles. The topological polar surface area (TPSA) is 183 Å². The van der Waals surface area contributed by atoms with Crippen molar-refractivity contribution in [1.82, 2.24) is 0 Å². The fourth-order valence-electron chi connectivity index (χ4n) is 15.4. The van der Waals surface area contributed by atoms with Crippen molar-refractivity contribution in [2.75, 3.05) is 11.9 Å². The number of hydrogen-bond donors (Lipinski definition) is 6. The lowest BCUT2D eigenvalue weighted by Crippen LogP contribution is -2.71. The van der Waals surface area contributed by atoms with Crippen LogP contribution < -0.4 is 10.1 Å². The summed E-state index contributed by atoms with van der Waals surface area (Å²) in [6, 6.07) is 15.5. The molecule has 6 N–H and O–H groups in total. The Bertz CT molecular complexity index is 2640. The van der Waals surface area contributed by atoms with Gasteiger partial charge in [-0.2, -0.15) is 0 Å². The molecule has 3 aromatic carbocycles. The van der Waals surface area contributed by atoms with E-state index in [1.807, 2.05) is 30.3 Å². The Morgan fingerprint density at radius 3 is 2.40 bits per heavy atom. The number of anilines is 1. The van der Waals surface area contributed by atoms with E-state index < -0.39 is 47.7 Å². The zero-order valence-corrected chi connectivity index (χ0v) is 40.4. The Hall–Kier alpha value is -4.99. The summed E-state index contributed by atoms with van der Waals surface area (Å²) in [5.74, 6) is 4.21. The highest BCUT2D eigenvalue weighted by atomic mass is 16.6. The van der Waals surface area contributed by atoms with Gasteiger partial charge in [0, 0.05) is 60.0 Å². The van der Waals surface area contributed by atoms with Crippen LogP contribution in [0.15, 0.2) is 60.2 Å². The molecule has 3 aromatic rings. The van der Waals surface area contributed by atoms with E-state index in [4.69, 9.17) is 9.47 Å². The van der Waals surface area contributed by atoms with Crippen molar-refractivity contribution in [1.29, 1.82) is 0 Å². The Morgan fingerprint density at radius 1 is 0.829 bits per heavy atom. The molecule has 12 bridgehead atoms. The van der Waals surface area contributed by atoms with Crippen LogP contribution in [0.3, 0.4) is 0 Å². The quantitative estimate of drug-likeness (QED) is 0.0795. The number of aliphatic hydroxyl groups is 4. The number of fused-ring (bicyclic) bond motifs is 10. The largest absolute Gasteiger partial charge is 0.507 e. The van der Waals surface area contributed by atoms with E-state index in [1.54, 1.807) is 19.1 Å². The molecule has 0 spiro atoms. The van der Waals surface area contributed by atoms with Crippen molar-refractivity contribution in [2.24, 2.45) is 41.4 Å². The maximum Gasteiger partial charge on any atom is 0.334 e. The second-order valence-corrected chi connectivity index (χ2v) is 22.6. The molecular weight excluding hydrogens is 883 g/mol. The van der Waals surface area contributed by atoms with Crippen LogP contribution in [-0.4, -0.2) is 73.7 Å². The maximum absolute atomic E-state index is 15.7. The monoisotopic (exact) mass is 951 g/mol. The van der Waals surface area contributed by atoms with Gasteiger partial charge in [-0.1, -0.05) is 74.3 Å². The van der Waals surface area contributed by atoms with Crippen molar-refractivity contribution in [3.8, 4) is 23.3 Å². The lowest BCUT2D eigenvalue weighted by atomic mass is 9.40. The number of ketones is 1. The van der Waals surface area contributed by atoms with Gasteiger partial charge >= 0.3 is 11.9 Å². The molecule has 3 aliphatic heterocycles. The van der Waals surface area contributed by atoms with Crippen molar-refractivity contribution >= 4 is 23.4 Å². The number of rotatable bonds is 6. The first-order chi connectivity index (χ1) is 33.9. The van der Waals surface area contributed by atoms with Gasteiger partial charge in [0.1, 0.15) is 29.0 Å². The van der Waals surface area contributed by atoms with E-state index >= 15 is 4.79 Å². The number of esters is 2. The number of phenolic OH excluding ortho intramolecular Hbond substituents is 1. The highest BCUT2D eigenvalue weighted by Gasteiger charge is 2.68. The second kappa shape index (κ2) is 19.2. The van der Waals surface area contributed by atoms with E-state index in [0.29, 0.717) is 52.1 Å². The number of benzene rings is 3. The fourth-order valence-corrected chi connectivity index (χ4v) is 15.4. The SMILES string of the molecule is CC(O)CNc1cc(CO)cc(C2C#CC3CC(=O)Oc4c3cc(c(O)c4C3CCCCC3)CC3OC(=O)C(=CC(O)Cc4cccc(c4)CC4C(=O)CC5CCC6C7CCCCC7C3(O)C5C46)C2)c1. The first-order valence-corrected chi connectivity index (χ1v) is 26.6. The summed E-state index contributed by atoms with van der Waals surface area (Å²) in [5.41, 5.74) is 4.17. The number of hydrogen-bond acceptors (Lipinski definition) is 11. The molecular formula is C59H69NO10. The molecule has 5 aliphatic carbocycles. The summed E-state index contributed by atoms with van der Waals surface area (Å²) in [6.07, 6.45) is 9.69. The summed E-state index contributed by atoms with van der Waals surface area (Å²) in [7, 11) is 0. The summed E-state index contributed by atoms with van der Waals surface area (Å²) >= 11 is 0. The summed E-state index contributed by atoms with van der Waals surface area (Å²) in [4.78, 5) is 44.1. The molecule has 11 heteroatoms. The molecule has 5 fully saturated rings. The van der Waals surface area contributed by atoms with E-state index in [1.165, 1.54) is 0 Å². The zero-order chi connectivity index (χ0) is 48.4. The molecule has 13 atom stereocenters. The predicted octanol–water partition coefficient (Wildman–Crippen LogP) is 8.25. The molecule has 0 amide bonds. The van der Waals surface area contributed by atoms with Gasteiger partial charge in [-0.25, -0.2) is 4.79 Å². The van der Waals surface area contributed by atoms with E-state index in [9.17, 15) is 35.1 Å². The number of phenols is 1. The van der Waals surface area contributed by atoms with Crippen LogP contribution in [0, 0.1) is 53.3 Å². The number of Topliss-reactive ketones (excluding diaryl/α,β-unsaturated/α-hetero) is 1. The minimum Gasteiger partial charge on any atom is -0.507 e. The molecule has 70 heavy (non-hydrogen) atoms. The van der Waals surface area contributed by atoms with Gasteiger partial charge in [-0.3, -0.25) is 9.59 Å². The van der Waals surface area contributed by atoms with Crippen LogP contribution in [-0.2, 0) is 45.0 Å². The Morgan fingerprint density at radius 2 is 1.60 bits per heavy atom. The third-order valence-electron chi connectivity index (χ3n) is 18.3. The Kier molecular flexibility index (Phi) is 13.0. The Balaban J connectivity index is 1.15. The maximum atomic E-state index is 15.7. The normalized spacial score (nSPS) is 34.3. The van der Waals surface area contributed by atoms with Crippen LogP contribution in [0.25, 0.3) is 0 Å². The lowest BCUT2D eigenvalue weighted by molar-refractivity contribution is -0.265. The standard InChI is InChI=1S/C59H69NO10/c1-32(62)30-60-43-20-35(31-61)19-40(24-43)37-14-15-38-29-52(65)70-57-47(38)26-41(56(66)53(57)36-10-3-2-4-11-36)28-51-59(68)49-13-6-5-12-45(49)46-17-16-39-27-50(64)48(54(46)55(39)59)22-34-9-7-8-33(18-34)21-44(63)25-42(23-37)58(67)69-51/h7-9,18-20,24-26,32,36-39,44-46,48-49,51,54-55,60-63,66,68H,2-6,10-13,16-17,21-23,27-31H2,1H3. The molecule has 11 rings (SSSR count). The van der Waals surface area contributed by atoms with Crippen LogP contribution in [0.2, 0.25) is 0 Å². The number of aromatic hydroxyl groups is 1. The van der Waals surface area contributed by atoms with E-state index in [2.05, 4.69) is 29.3 Å². The van der Waals surface area contributed by atoms with Gasteiger partial charge in [-0.15, -0.1) is 0 Å². The third-order valence-corrected chi connectivity index (χ3v) is 18.3. The van der Waals surface area contributed by atoms with Gasteiger partial charge in [0.2, 0.25) is 0 Å². The molecule has 11 nitrogen and oxygen atoms in total. The minimum absolute atomic E-state index is 0.00429.